The van der Waals surface area contributed by atoms with Crippen molar-refractivity contribution in [1.82, 2.24) is 0 Å². The molecule has 3 aliphatic rings. The average molecular weight is 298 g/mol. The number of allylic oxidation sites excluding steroid dienone is 1. The topological polar surface area (TPSA) is 51.4 Å². The molecule has 0 bridgehead atoms. The first-order chi connectivity index (χ1) is 9.84. The minimum absolute atomic E-state index is 0.0417. The smallest absolute Gasteiger partial charge is 0.196 e. The Morgan fingerprint density at radius 2 is 2.19 bits per heavy atom. The number of alkyl halides is 1. The monoisotopic (exact) mass is 298 g/mol. The summed E-state index contributed by atoms with van der Waals surface area (Å²) in [4.78, 5) is 12.1. The van der Waals surface area contributed by atoms with Crippen molar-refractivity contribution in [1.29, 1.82) is 0 Å². The summed E-state index contributed by atoms with van der Waals surface area (Å²) in [6, 6.07) is 0. The Labute approximate surface area is 124 Å². The van der Waals surface area contributed by atoms with Crippen LogP contribution in [0, 0.1) is 5.92 Å². The van der Waals surface area contributed by atoms with Crippen LogP contribution in [0.2, 0.25) is 0 Å². The van der Waals surface area contributed by atoms with Gasteiger partial charge in [-0.1, -0.05) is 11.6 Å². The molecule has 0 aromatic heterocycles. The maximum Gasteiger partial charge on any atom is 0.196 e. The molecule has 0 N–H and O–H groups in total. The SMILES string of the molecule is CO[C@H]1C(=O)[C@H](F)C[C@]2(CO2)[C@H]1C1(C)O[C@@H]1CC=C(C)C. The minimum Gasteiger partial charge on any atom is -0.373 e. The summed E-state index contributed by atoms with van der Waals surface area (Å²) in [5, 5.41) is 0. The fraction of sp³-hybridized carbons (Fsp3) is 0.812. The van der Waals surface area contributed by atoms with Crippen LogP contribution < -0.4 is 0 Å². The van der Waals surface area contributed by atoms with Gasteiger partial charge in [0.05, 0.1) is 18.6 Å². The van der Waals surface area contributed by atoms with Crippen LogP contribution in [0.1, 0.15) is 33.6 Å². The van der Waals surface area contributed by atoms with E-state index >= 15 is 0 Å². The van der Waals surface area contributed by atoms with Crippen molar-refractivity contribution in [2.45, 2.75) is 63.2 Å². The van der Waals surface area contributed by atoms with Gasteiger partial charge in [-0.25, -0.2) is 4.39 Å². The molecule has 1 saturated carbocycles. The zero-order chi connectivity index (χ0) is 15.4. The second-order valence-corrected chi connectivity index (χ2v) is 6.87. The normalized spacial score (nSPS) is 48.3. The maximum absolute atomic E-state index is 13.9. The van der Waals surface area contributed by atoms with Gasteiger partial charge in [0.15, 0.2) is 12.0 Å². The van der Waals surface area contributed by atoms with Crippen LogP contribution in [0.15, 0.2) is 11.6 Å². The quantitative estimate of drug-likeness (QED) is 0.590. The molecule has 2 aliphatic heterocycles. The van der Waals surface area contributed by atoms with Gasteiger partial charge < -0.3 is 14.2 Å². The van der Waals surface area contributed by atoms with Crippen LogP contribution in [0.3, 0.4) is 0 Å². The van der Waals surface area contributed by atoms with E-state index in [1.807, 2.05) is 20.8 Å². The van der Waals surface area contributed by atoms with E-state index in [1.165, 1.54) is 12.7 Å². The van der Waals surface area contributed by atoms with E-state index in [0.717, 1.165) is 6.42 Å². The number of Topliss-reactive ketones (excluding diaryl/α,β-unsaturated/α-hetero) is 1. The van der Waals surface area contributed by atoms with Gasteiger partial charge in [-0.05, 0) is 27.2 Å². The lowest BCUT2D eigenvalue weighted by Gasteiger charge is -2.38. The predicted molar refractivity (Wildman–Crippen MR) is 74.8 cm³/mol. The Morgan fingerprint density at radius 3 is 2.71 bits per heavy atom. The Morgan fingerprint density at radius 1 is 1.52 bits per heavy atom. The fourth-order valence-electron chi connectivity index (χ4n) is 3.79. The number of epoxide rings is 2. The number of halogens is 1. The molecule has 21 heavy (non-hydrogen) atoms. The van der Waals surface area contributed by atoms with Gasteiger partial charge in [0.2, 0.25) is 0 Å². The highest BCUT2D eigenvalue weighted by Gasteiger charge is 2.73. The fourth-order valence-corrected chi connectivity index (χ4v) is 3.79. The van der Waals surface area contributed by atoms with Gasteiger partial charge in [-0.2, -0.15) is 0 Å². The Balaban J connectivity index is 1.82. The van der Waals surface area contributed by atoms with E-state index in [4.69, 9.17) is 14.2 Å². The number of carbonyl (C=O) groups excluding carboxylic acids is 1. The highest BCUT2D eigenvalue weighted by Crippen LogP contribution is 2.59. The average Bonchev–Trinajstić information content (AvgIpc) is 3.31. The number of hydrogen-bond acceptors (Lipinski definition) is 4. The Bertz CT molecular complexity index is 481. The zero-order valence-corrected chi connectivity index (χ0v) is 13.0. The third-order valence-electron chi connectivity index (χ3n) is 5.09. The molecule has 4 nitrogen and oxygen atoms in total. The molecular weight excluding hydrogens is 275 g/mol. The number of ether oxygens (including phenoxy) is 3. The number of carbonyl (C=O) groups is 1. The highest BCUT2D eigenvalue weighted by molar-refractivity contribution is 5.89. The van der Waals surface area contributed by atoms with Crippen LogP contribution in [0.25, 0.3) is 0 Å². The van der Waals surface area contributed by atoms with Gasteiger partial charge in [0.25, 0.3) is 0 Å². The summed E-state index contributed by atoms with van der Waals surface area (Å²) < 4.78 is 30.7. The van der Waals surface area contributed by atoms with Crippen molar-refractivity contribution in [2.75, 3.05) is 13.7 Å². The molecule has 6 atom stereocenters. The van der Waals surface area contributed by atoms with E-state index in [9.17, 15) is 9.18 Å². The van der Waals surface area contributed by atoms with E-state index < -0.39 is 29.3 Å². The van der Waals surface area contributed by atoms with Crippen LogP contribution >= 0.6 is 0 Å². The minimum atomic E-state index is -1.49. The predicted octanol–water partition coefficient (Wildman–Crippen LogP) is 2.21. The van der Waals surface area contributed by atoms with Crippen molar-refractivity contribution in [3.05, 3.63) is 11.6 Å². The summed E-state index contributed by atoms with van der Waals surface area (Å²) in [7, 11) is 1.46. The van der Waals surface area contributed by atoms with Crippen molar-refractivity contribution in [2.24, 2.45) is 5.92 Å². The molecule has 118 valence electrons. The second kappa shape index (κ2) is 4.86. The molecule has 0 amide bonds. The Hall–Kier alpha value is -0.780. The molecule has 3 rings (SSSR count). The molecule has 3 fully saturated rings. The number of methoxy groups -OCH3 is 1. The van der Waals surface area contributed by atoms with Crippen LogP contribution in [0.5, 0.6) is 0 Å². The lowest BCUT2D eigenvalue weighted by Crippen LogP contribution is -2.56. The molecule has 5 heteroatoms. The second-order valence-electron chi connectivity index (χ2n) is 6.87. The van der Waals surface area contributed by atoms with Crippen molar-refractivity contribution in [3.8, 4) is 0 Å². The molecular formula is C16H23FO4. The summed E-state index contributed by atoms with van der Waals surface area (Å²) in [6.45, 7) is 6.56. The van der Waals surface area contributed by atoms with Gasteiger partial charge in [-0.15, -0.1) is 0 Å². The molecule has 1 spiro atoms. The molecule has 0 aromatic rings. The summed E-state index contributed by atoms with van der Waals surface area (Å²) >= 11 is 0. The van der Waals surface area contributed by atoms with Crippen molar-refractivity contribution >= 4 is 5.78 Å². The molecule has 0 aromatic carbocycles. The largest absolute Gasteiger partial charge is 0.373 e. The third kappa shape index (κ3) is 2.35. The number of rotatable bonds is 4. The first-order valence-electron chi connectivity index (χ1n) is 7.50. The van der Waals surface area contributed by atoms with Crippen LogP contribution in [-0.4, -0.2) is 49.1 Å². The maximum atomic E-state index is 13.9. The summed E-state index contributed by atoms with van der Waals surface area (Å²) in [6.07, 6.45) is 0.825. The van der Waals surface area contributed by atoms with E-state index in [0.29, 0.717) is 6.61 Å². The number of hydrogen-bond donors (Lipinski definition) is 0. The Kier molecular flexibility index (Phi) is 3.50. The van der Waals surface area contributed by atoms with Gasteiger partial charge in [0.1, 0.15) is 17.3 Å². The van der Waals surface area contributed by atoms with E-state index in [-0.39, 0.29) is 18.4 Å². The molecule has 1 aliphatic carbocycles. The summed E-state index contributed by atoms with van der Waals surface area (Å²) in [5.41, 5.74) is 0.179. The first kappa shape index (κ1) is 15.1. The standard InChI is InChI=1S/C16H23FO4/c1-9(2)5-6-11-15(3,21-11)14-13(19-4)12(18)10(17)7-16(14)8-20-16/h5,10-11,13-14H,6-8H2,1-4H3/t10-,11-,13+,14-,15?,16+/m1/s1. The summed E-state index contributed by atoms with van der Waals surface area (Å²) in [5.74, 6) is -0.702. The molecule has 2 saturated heterocycles. The van der Waals surface area contributed by atoms with Gasteiger partial charge >= 0.3 is 0 Å². The number of ketones is 1. The van der Waals surface area contributed by atoms with Gasteiger partial charge in [0, 0.05) is 13.5 Å². The lowest BCUT2D eigenvalue weighted by molar-refractivity contribution is -0.150. The first-order valence-corrected chi connectivity index (χ1v) is 7.50. The van der Waals surface area contributed by atoms with Crippen molar-refractivity contribution < 1.29 is 23.4 Å². The van der Waals surface area contributed by atoms with Crippen molar-refractivity contribution in [3.63, 3.8) is 0 Å². The van der Waals surface area contributed by atoms with Gasteiger partial charge in [-0.3, -0.25) is 4.79 Å². The molecule has 1 unspecified atom stereocenters. The lowest BCUT2D eigenvalue weighted by atomic mass is 9.68. The van der Waals surface area contributed by atoms with E-state index in [2.05, 4.69) is 6.08 Å². The highest BCUT2D eigenvalue weighted by atomic mass is 19.1. The van der Waals surface area contributed by atoms with Crippen LogP contribution in [-0.2, 0) is 19.0 Å². The van der Waals surface area contributed by atoms with Crippen LogP contribution in [0.4, 0.5) is 4.39 Å². The van der Waals surface area contributed by atoms with E-state index in [1.54, 1.807) is 0 Å². The third-order valence-corrected chi connectivity index (χ3v) is 5.09. The molecule has 2 heterocycles. The zero-order valence-electron chi connectivity index (χ0n) is 13.0. The molecule has 0 radical (unpaired) electrons.